The molecular weight excluding hydrogens is 470 g/mol. The van der Waals surface area contributed by atoms with Gasteiger partial charge in [0.2, 0.25) is 5.91 Å². The Bertz CT molecular complexity index is 1250. The van der Waals surface area contributed by atoms with Gasteiger partial charge in [-0.2, -0.15) is 0 Å². The van der Waals surface area contributed by atoms with Gasteiger partial charge in [-0.15, -0.1) is 0 Å². The molecule has 0 aromatic heterocycles. The van der Waals surface area contributed by atoms with E-state index in [-0.39, 0.29) is 22.2 Å². The van der Waals surface area contributed by atoms with E-state index in [2.05, 4.69) is 5.32 Å². The molecule has 0 fully saturated rings. The molecule has 9 nitrogen and oxygen atoms in total. The standard InChI is InChI=1S/C22H20ClN3O6S/c1-32-18-9-7-17(8-10-18)25(15-22(27)24-14-16-5-3-2-4-6-16)33(30,31)19-11-12-20(23)21(13-19)26(28)29/h2-13H,14-15H2,1H3,(H,24,27). The molecule has 0 heterocycles. The number of rotatable bonds is 9. The maximum absolute atomic E-state index is 13.4. The van der Waals surface area contributed by atoms with Gasteiger partial charge < -0.3 is 10.1 Å². The number of amides is 1. The van der Waals surface area contributed by atoms with Crippen molar-refractivity contribution in [3.05, 3.63) is 93.5 Å². The van der Waals surface area contributed by atoms with E-state index in [9.17, 15) is 23.3 Å². The molecule has 0 aliphatic carbocycles. The maximum Gasteiger partial charge on any atom is 0.289 e. The van der Waals surface area contributed by atoms with E-state index in [0.717, 1.165) is 28.1 Å². The Kier molecular flexibility index (Phi) is 7.52. The third-order valence-corrected chi connectivity index (χ3v) is 6.77. The van der Waals surface area contributed by atoms with E-state index >= 15 is 0 Å². The summed E-state index contributed by atoms with van der Waals surface area (Å²) in [6.45, 7) is -0.333. The number of hydrogen-bond acceptors (Lipinski definition) is 6. The average Bonchev–Trinajstić information content (AvgIpc) is 2.82. The Morgan fingerprint density at radius 3 is 2.36 bits per heavy atom. The van der Waals surface area contributed by atoms with Crippen molar-refractivity contribution in [1.29, 1.82) is 0 Å². The molecule has 3 aromatic rings. The molecule has 0 unspecified atom stereocenters. The van der Waals surface area contributed by atoms with Gasteiger partial charge in [0.1, 0.15) is 17.3 Å². The van der Waals surface area contributed by atoms with E-state index < -0.39 is 33.1 Å². The highest BCUT2D eigenvalue weighted by molar-refractivity contribution is 7.92. The smallest absolute Gasteiger partial charge is 0.289 e. The fourth-order valence-corrected chi connectivity index (χ4v) is 4.59. The van der Waals surface area contributed by atoms with Crippen molar-refractivity contribution in [2.24, 2.45) is 0 Å². The zero-order valence-electron chi connectivity index (χ0n) is 17.5. The van der Waals surface area contributed by atoms with Gasteiger partial charge in [0.25, 0.3) is 15.7 Å². The van der Waals surface area contributed by atoms with Crippen LogP contribution in [-0.2, 0) is 21.4 Å². The zero-order chi connectivity index (χ0) is 24.0. The number of benzene rings is 3. The number of ether oxygens (including phenoxy) is 1. The van der Waals surface area contributed by atoms with Crippen molar-refractivity contribution in [2.75, 3.05) is 18.0 Å². The molecule has 0 radical (unpaired) electrons. The highest BCUT2D eigenvalue weighted by Crippen LogP contribution is 2.31. The first-order chi connectivity index (χ1) is 15.7. The van der Waals surface area contributed by atoms with Gasteiger partial charge in [0.15, 0.2) is 0 Å². The third kappa shape index (κ3) is 5.79. The maximum atomic E-state index is 13.4. The molecule has 0 aliphatic rings. The Labute approximate surface area is 195 Å². The molecule has 33 heavy (non-hydrogen) atoms. The minimum Gasteiger partial charge on any atom is -0.497 e. The highest BCUT2D eigenvalue weighted by Gasteiger charge is 2.29. The number of methoxy groups -OCH3 is 1. The summed E-state index contributed by atoms with van der Waals surface area (Å²) >= 11 is 5.83. The van der Waals surface area contributed by atoms with Crippen LogP contribution in [0.4, 0.5) is 11.4 Å². The summed E-state index contributed by atoms with van der Waals surface area (Å²) in [6.07, 6.45) is 0. The normalized spacial score (nSPS) is 11.0. The molecule has 11 heteroatoms. The summed E-state index contributed by atoms with van der Waals surface area (Å²) in [7, 11) is -2.89. The largest absolute Gasteiger partial charge is 0.497 e. The number of nitro groups is 1. The molecule has 0 atom stereocenters. The molecule has 172 valence electrons. The van der Waals surface area contributed by atoms with Crippen LogP contribution in [-0.4, -0.2) is 32.9 Å². The highest BCUT2D eigenvalue weighted by atomic mass is 35.5. The van der Waals surface area contributed by atoms with E-state index in [1.54, 1.807) is 12.1 Å². The molecule has 0 spiro atoms. The summed E-state index contributed by atoms with van der Waals surface area (Å²) in [5, 5.41) is 13.7. The summed E-state index contributed by atoms with van der Waals surface area (Å²) in [5.41, 5.74) is 0.474. The first-order valence-electron chi connectivity index (χ1n) is 9.63. The van der Waals surface area contributed by atoms with Gasteiger partial charge in [-0.1, -0.05) is 41.9 Å². The number of carbonyl (C=O) groups excluding carboxylic acids is 1. The van der Waals surface area contributed by atoms with Crippen LogP contribution in [0, 0.1) is 10.1 Å². The monoisotopic (exact) mass is 489 g/mol. The van der Waals surface area contributed by atoms with Gasteiger partial charge in [-0.3, -0.25) is 19.2 Å². The molecule has 0 saturated carbocycles. The van der Waals surface area contributed by atoms with Crippen molar-refractivity contribution in [3.8, 4) is 5.75 Å². The van der Waals surface area contributed by atoms with Crippen LogP contribution in [0.3, 0.4) is 0 Å². The Balaban J connectivity index is 1.94. The fraction of sp³-hybridized carbons (Fsp3) is 0.136. The number of nitrogens with one attached hydrogen (secondary N) is 1. The van der Waals surface area contributed by atoms with E-state index in [0.29, 0.717) is 5.75 Å². The molecule has 0 saturated heterocycles. The predicted molar refractivity (Wildman–Crippen MR) is 124 cm³/mol. The van der Waals surface area contributed by atoms with Crippen LogP contribution in [0.15, 0.2) is 77.7 Å². The minimum atomic E-state index is -4.36. The lowest BCUT2D eigenvalue weighted by atomic mass is 10.2. The third-order valence-electron chi connectivity index (χ3n) is 4.68. The predicted octanol–water partition coefficient (Wildman–Crippen LogP) is 3.77. The molecule has 1 N–H and O–H groups in total. The second kappa shape index (κ2) is 10.3. The zero-order valence-corrected chi connectivity index (χ0v) is 19.0. The van der Waals surface area contributed by atoms with Crippen molar-refractivity contribution in [3.63, 3.8) is 0 Å². The van der Waals surface area contributed by atoms with Crippen molar-refractivity contribution < 1.29 is 22.9 Å². The Morgan fingerprint density at radius 2 is 1.76 bits per heavy atom. The lowest BCUT2D eigenvalue weighted by Crippen LogP contribution is -2.40. The summed E-state index contributed by atoms with van der Waals surface area (Å²) in [4.78, 5) is 22.8. The van der Waals surface area contributed by atoms with Crippen molar-refractivity contribution in [2.45, 2.75) is 11.4 Å². The van der Waals surface area contributed by atoms with Gasteiger partial charge >= 0.3 is 0 Å². The number of nitro benzene ring substituents is 1. The number of nitrogens with zero attached hydrogens (tertiary/aromatic N) is 2. The number of anilines is 1. The van der Waals surface area contributed by atoms with Gasteiger partial charge in [0.05, 0.1) is 22.6 Å². The summed E-state index contributed by atoms with van der Waals surface area (Å²) in [6, 6.07) is 18.3. The average molecular weight is 490 g/mol. The first-order valence-corrected chi connectivity index (χ1v) is 11.5. The topological polar surface area (TPSA) is 119 Å². The summed E-state index contributed by atoms with van der Waals surface area (Å²) in [5.74, 6) is -0.0616. The fourth-order valence-electron chi connectivity index (χ4n) is 2.97. The van der Waals surface area contributed by atoms with Crippen LogP contribution in [0.2, 0.25) is 5.02 Å². The molecule has 0 aliphatic heterocycles. The van der Waals surface area contributed by atoms with Crippen molar-refractivity contribution in [1.82, 2.24) is 5.32 Å². The molecule has 1 amide bonds. The van der Waals surface area contributed by atoms with Gasteiger partial charge in [-0.25, -0.2) is 8.42 Å². The lowest BCUT2D eigenvalue weighted by molar-refractivity contribution is -0.384. The number of sulfonamides is 1. The van der Waals surface area contributed by atoms with E-state index in [1.165, 1.54) is 19.2 Å². The molecule has 3 aromatic carbocycles. The van der Waals surface area contributed by atoms with Gasteiger partial charge in [-0.05, 0) is 42.0 Å². The summed E-state index contributed by atoms with van der Waals surface area (Å²) < 4.78 is 32.8. The first kappa shape index (κ1) is 24.0. The van der Waals surface area contributed by atoms with Crippen LogP contribution in [0.5, 0.6) is 5.75 Å². The van der Waals surface area contributed by atoms with E-state index in [4.69, 9.17) is 16.3 Å². The molecule has 0 bridgehead atoms. The number of halogens is 1. The van der Waals surface area contributed by atoms with E-state index in [1.807, 2.05) is 30.3 Å². The SMILES string of the molecule is COc1ccc(N(CC(=O)NCc2ccccc2)S(=O)(=O)c2ccc(Cl)c([N+](=O)[O-])c2)cc1. The second-order valence-electron chi connectivity index (χ2n) is 6.84. The van der Waals surface area contributed by atoms with Crippen LogP contribution >= 0.6 is 11.6 Å². The Morgan fingerprint density at radius 1 is 1.09 bits per heavy atom. The van der Waals surface area contributed by atoms with Crippen LogP contribution < -0.4 is 14.4 Å². The second-order valence-corrected chi connectivity index (χ2v) is 9.11. The quantitative estimate of drug-likeness (QED) is 0.361. The van der Waals surface area contributed by atoms with Gasteiger partial charge in [0, 0.05) is 12.6 Å². The Hall–Kier alpha value is -3.63. The minimum absolute atomic E-state index is 0.184. The molecular formula is C22H20ClN3O6S. The number of carbonyl (C=O) groups is 1. The molecule has 3 rings (SSSR count). The van der Waals surface area contributed by atoms with Crippen LogP contribution in [0.25, 0.3) is 0 Å². The van der Waals surface area contributed by atoms with Crippen LogP contribution in [0.1, 0.15) is 5.56 Å². The number of hydrogen-bond donors (Lipinski definition) is 1. The lowest BCUT2D eigenvalue weighted by Gasteiger charge is -2.24. The van der Waals surface area contributed by atoms with Crippen molar-refractivity contribution >= 4 is 38.9 Å².